The average Bonchev–Trinajstić information content (AvgIpc) is 2.29. The van der Waals surface area contributed by atoms with Crippen LogP contribution in [0.15, 0.2) is 24.5 Å². The zero-order chi connectivity index (χ0) is 13.1. The van der Waals surface area contributed by atoms with Gasteiger partial charge in [-0.25, -0.2) is 4.79 Å². The summed E-state index contributed by atoms with van der Waals surface area (Å²) in [4.78, 5) is 26.9. The third-order valence-electron chi connectivity index (χ3n) is 2.90. The van der Waals surface area contributed by atoms with E-state index in [1.807, 2.05) is 0 Å². The van der Waals surface area contributed by atoms with E-state index in [0.29, 0.717) is 5.56 Å². The summed E-state index contributed by atoms with van der Waals surface area (Å²) in [7, 11) is 0. The first kappa shape index (κ1) is 13.2. The van der Waals surface area contributed by atoms with Crippen LogP contribution in [0, 0.1) is 5.92 Å². The molecule has 1 rings (SSSR count). The van der Waals surface area contributed by atoms with Crippen LogP contribution >= 0.6 is 0 Å². The lowest BCUT2D eigenvalue weighted by Gasteiger charge is -2.30. The monoisotopic (exact) mass is 236 g/mol. The number of aliphatic carboxylic acids is 1. The van der Waals surface area contributed by atoms with Crippen LogP contribution < -0.4 is 5.32 Å². The van der Waals surface area contributed by atoms with Gasteiger partial charge in [0.15, 0.2) is 0 Å². The number of pyridine rings is 1. The summed E-state index contributed by atoms with van der Waals surface area (Å²) >= 11 is 0. The number of nitrogens with zero attached hydrogens (tertiary/aromatic N) is 1. The Balaban J connectivity index is 2.90. The Morgan fingerprint density at radius 2 is 2.12 bits per heavy atom. The largest absolute Gasteiger partial charge is 0.480 e. The summed E-state index contributed by atoms with van der Waals surface area (Å²) in [5.41, 5.74) is -0.937. The van der Waals surface area contributed by atoms with E-state index in [1.165, 1.54) is 13.1 Å². The number of carboxylic acids is 1. The summed E-state index contributed by atoms with van der Waals surface area (Å²) in [5, 5.41) is 11.7. The van der Waals surface area contributed by atoms with Gasteiger partial charge < -0.3 is 10.4 Å². The first-order chi connectivity index (χ1) is 7.88. The van der Waals surface area contributed by atoms with Crippen LogP contribution in [0.5, 0.6) is 0 Å². The van der Waals surface area contributed by atoms with Gasteiger partial charge in [0, 0.05) is 12.4 Å². The fourth-order valence-corrected chi connectivity index (χ4v) is 1.25. The molecule has 1 aromatic heterocycles. The molecular formula is C12H16N2O3. The summed E-state index contributed by atoms with van der Waals surface area (Å²) in [6, 6.07) is 3.22. The molecule has 2 N–H and O–H groups in total. The molecule has 5 nitrogen and oxygen atoms in total. The van der Waals surface area contributed by atoms with Gasteiger partial charge in [0.1, 0.15) is 5.54 Å². The van der Waals surface area contributed by atoms with Crippen molar-refractivity contribution in [2.75, 3.05) is 0 Å². The van der Waals surface area contributed by atoms with Crippen LogP contribution in [0.4, 0.5) is 0 Å². The van der Waals surface area contributed by atoms with Crippen LogP contribution in [0.3, 0.4) is 0 Å². The Labute approximate surface area is 99.9 Å². The van der Waals surface area contributed by atoms with Crippen molar-refractivity contribution in [3.63, 3.8) is 0 Å². The van der Waals surface area contributed by atoms with Gasteiger partial charge in [-0.15, -0.1) is 0 Å². The molecule has 5 heteroatoms. The van der Waals surface area contributed by atoms with Crippen molar-refractivity contribution in [2.24, 2.45) is 5.92 Å². The molecule has 92 valence electrons. The van der Waals surface area contributed by atoms with Crippen LogP contribution in [-0.4, -0.2) is 27.5 Å². The van der Waals surface area contributed by atoms with E-state index in [9.17, 15) is 9.59 Å². The molecule has 1 atom stereocenters. The van der Waals surface area contributed by atoms with Gasteiger partial charge in [0.25, 0.3) is 5.91 Å². The molecule has 17 heavy (non-hydrogen) atoms. The number of aromatic nitrogens is 1. The molecule has 0 aliphatic rings. The zero-order valence-corrected chi connectivity index (χ0v) is 10.1. The quantitative estimate of drug-likeness (QED) is 0.826. The van der Waals surface area contributed by atoms with E-state index in [-0.39, 0.29) is 5.92 Å². The Morgan fingerprint density at radius 1 is 1.47 bits per heavy atom. The topological polar surface area (TPSA) is 79.3 Å². The minimum Gasteiger partial charge on any atom is -0.480 e. The lowest BCUT2D eigenvalue weighted by Crippen LogP contribution is -2.55. The molecule has 0 spiro atoms. The summed E-state index contributed by atoms with van der Waals surface area (Å²) in [6.45, 7) is 4.99. The van der Waals surface area contributed by atoms with E-state index in [1.54, 1.807) is 32.2 Å². The molecule has 0 bridgehead atoms. The highest BCUT2D eigenvalue weighted by Gasteiger charge is 2.38. The standard InChI is InChI=1S/C12H16N2O3/c1-8(2)12(3,11(16)17)14-10(15)9-5-4-6-13-7-9/h4-8H,1-3H3,(H,14,15)(H,16,17). The number of hydrogen-bond acceptors (Lipinski definition) is 3. The smallest absolute Gasteiger partial charge is 0.329 e. The lowest BCUT2D eigenvalue weighted by atomic mass is 9.88. The number of carboxylic acid groups (broad SMARTS) is 1. The van der Waals surface area contributed by atoms with Crippen LogP contribution in [-0.2, 0) is 4.79 Å². The van der Waals surface area contributed by atoms with Crippen molar-refractivity contribution < 1.29 is 14.7 Å². The van der Waals surface area contributed by atoms with Gasteiger partial charge in [0.2, 0.25) is 0 Å². The van der Waals surface area contributed by atoms with Crippen molar-refractivity contribution in [1.29, 1.82) is 0 Å². The SMILES string of the molecule is CC(C)C(C)(NC(=O)c1cccnc1)C(=O)O. The predicted molar refractivity (Wildman–Crippen MR) is 62.6 cm³/mol. The van der Waals surface area contributed by atoms with Gasteiger partial charge in [-0.3, -0.25) is 9.78 Å². The van der Waals surface area contributed by atoms with Gasteiger partial charge >= 0.3 is 5.97 Å². The van der Waals surface area contributed by atoms with Gasteiger partial charge in [-0.05, 0) is 25.0 Å². The third kappa shape index (κ3) is 2.81. The molecule has 0 aromatic carbocycles. The maximum atomic E-state index is 11.9. The maximum Gasteiger partial charge on any atom is 0.329 e. The molecule has 0 saturated carbocycles. The zero-order valence-electron chi connectivity index (χ0n) is 10.1. The fourth-order valence-electron chi connectivity index (χ4n) is 1.25. The second kappa shape index (κ2) is 4.95. The first-order valence-electron chi connectivity index (χ1n) is 5.34. The van der Waals surface area contributed by atoms with Crippen molar-refractivity contribution in [2.45, 2.75) is 26.3 Å². The number of rotatable bonds is 4. The maximum absolute atomic E-state index is 11.9. The first-order valence-corrected chi connectivity index (χ1v) is 5.34. The van der Waals surface area contributed by atoms with Crippen LogP contribution in [0.1, 0.15) is 31.1 Å². The Bertz CT molecular complexity index is 417. The van der Waals surface area contributed by atoms with Gasteiger partial charge in [-0.2, -0.15) is 0 Å². The van der Waals surface area contributed by atoms with Crippen molar-refractivity contribution in [3.05, 3.63) is 30.1 Å². The lowest BCUT2D eigenvalue weighted by molar-refractivity contribution is -0.145. The normalized spacial score (nSPS) is 14.1. The fraction of sp³-hybridized carbons (Fsp3) is 0.417. The highest BCUT2D eigenvalue weighted by molar-refractivity contribution is 5.97. The van der Waals surface area contributed by atoms with Crippen molar-refractivity contribution in [1.82, 2.24) is 10.3 Å². The molecule has 1 heterocycles. The van der Waals surface area contributed by atoms with Crippen molar-refractivity contribution >= 4 is 11.9 Å². The van der Waals surface area contributed by atoms with E-state index in [0.717, 1.165) is 0 Å². The minimum atomic E-state index is -1.28. The molecule has 0 fully saturated rings. The molecule has 0 aliphatic carbocycles. The second-order valence-corrected chi connectivity index (χ2v) is 4.36. The van der Waals surface area contributed by atoms with Crippen molar-refractivity contribution in [3.8, 4) is 0 Å². The number of carbonyl (C=O) groups excluding carboxylic acids is 1. The van der Waals surface area contributed by atoms with Gasteiger partial charge in [0.05, 0.1) is 5.56 Å². The third-order valence-corrected chi connectivity index (χ3v) is 2.90. The molecule has 1 aromatic rings. The Kier molecular flexibility index (Phi) is 3.83. The predicted octanol–water partition coefficient (Wildman–Crippen LogP) is 1.31. The van der Waals surface area contributed by atoms with Crippen LogP contribution in [0.25, 0.3) is 0 Å². The molecular weight excluding hydrogens is 220 g/mol. The molecule has 1 amide bonds. The summed E-state index contributed by atoms with van der Waals surface area (Å²) < 4.78 is 0. The highest BCUT2D eigenvalue weighted by Crippen LogP contribution is 2.17. The number of carbonyl (C=O) groups is 2. The number of hydrogen-bond donors (Lipinski definition) is 2. The highest BCUT2D eigenvalue weighted by atomic mass is 16.4. The Morgan fingerprint density at radius 3 is 2.53 bits per heavy atom. The van der Waals surface area contributed by atoms with E-state index in [4.69, 9.17) is 5.11 Å². The molecule has 0 aliphatic heterocycles. The molecule has 1 unspecified atom stereocenters. The average molecular weight is 236 g/mol. The second-order valence-electron chi connectivity index (χ2n) is 4.36. The van der Waals surface area contributed by atoms with E-state index in [2.05, 4.69) is 10.3 Å². The number of nitrogens with one attached hydrogen (secondary N) is 1. The van der Waals surface area contributed by atoms with Gasteiger partial charge in [-0.1, -0.05) is 13.8 Å². The molecule has 0 saturated heterocycles. The number of amides is 1. The van der Waals surface area contributed by atoms with Crippen LogP contribution in [0.2, 0.25) is 0 Å². The Hall–Kier alpha value is -1.91. The molecule has 0 radical (unpaired) electrons. The van der Waals surface area contributed by atoms with E-state index < -0.39 is 17.4 Å². The van der Waals surface area contributed by atoms with E-state index >= 15 is 0 Å². The summed E-state index contributed by atoms with van der Waals surface area (Å²) in [5.74, 6) is -1.71. The minimum absolute atomic E-state index is 0.222. The summed E-state index contributed by atoms with van der Waals surface area (Å²) in [6.07, 6.45) is 2.95.